The van der Waals surface area contributed by atoms with E-state index in [1.807, 2.05) is 0 Å². The molecular formula is C81H138O17P2. The molecular weight excluding hydrogens is 1310 g/mol. The van der Waals surface area contributed by atoms with Gasteiger partial charge in [-0.2, -0.15) is 0 Å². The molecule has 0 heterocycles. The summed E-state index contributed by atoms with van der Waals surface area (Å²) in [5.74, 6) is -2.24. The molecule has 0 rings (SSSR count). The highest BCUT2D eigenvalue weighted by Crippen LogP contribution is 2.45. The first-order valence-corrected chi connectivity index (χ1v) is 41.8. The van der Waals surface area contributed by atoms with Gasteiger partial charge in [-0.15, -0.1) is 0 Å². The molecule has 5 atom stereocenters. The van der Waals surface area contributed by atoms with E-state index >= 15 is 0 Å². The Morgan fingerprint density at radius 2 is 0.520 bits per heavy atom. The zero-order chi connectivity index (χ0) is 73.2. The molecule has 0 spiro atoms. The van der Waals surface area contributed by atoms with Crippen LogP contribution in [0.5, 0.6) is 0 Å². The summed E-state index contributed by atoms with van der Waals surface area (Å²) in [5.41, 5.74) is 0. The minimum Gasteiger partial charge on any atom is -0.462 e. The lowest BCUT2D eigenvalue weighted by atomic mass is 10.1. The second-order valence-corrected chi connectivity index (χ2v) is 28.4. The van der Waals surface area contributed by atoms with Crippen LogP contribution in [0.1, 0.15) is 310 Å². The number of phosphoric acid groups is 2. The predicted molar refractivity (Wildman–Crippen MR) is 408 cm³/mol. The number of rotatable bonds is 72. The molecule has 574 valence electrons. The van der Waals surface area contributed by atoms with Gasteiger partial charge in [0.25, 0.3) is 0 Å². The molecule has 100 heavy (non-hydrogen) atoms. The number of unbranched alkanes of at least 4 members (excludes halogenated alkanes) is 26. The number of carbonyl (C=O) groups is 4. The summed E-state index contributed by atoms with van der Waals surface area (Å²) in [6, 6.07) is 0. The molecule has 0 aliphatic rings. The van der Waals surface area contributed by atoms with Gasteiger partial charge in [0.15, 0.2) is 12.2 Å². The van der Waals surface area contributed by atoms with Crippen LogP contribution < -0.4 is 0 Å². The molecule has 0 aromatic heterocycles. The number of hydrogen-bond donors (Lipinski definition) is 3. The van der Waals surface area contributed by atoms with Crippen molar-refractivity contribution in [3.63, 3.8) is 0 Å². The van der Waals surface area contributed by atoms with Crippen molar-refractivity contribution < 1.29 is 80.2 Å². The van der Waals surface area contributed by atoms with Gasteiger partial charge in [0.2, 0.25) is 0 Å². The lowest BCUT2D eigenvalue weighted by Gasteiger charge is -2.21. The Bertz CT molecular complexity index is 2370. The molecule has 0 saturated carbocycles. The molecule has 0 aromatic rings. The van der Waals surface area contributed by atoms with Gasteiger partial charge in [0.1, 0.15) is 19.3 Å². The predicted octanol–water partition coefficient (Wildman–Crippen LogP) is 22.3. The van der Waals surface area contributed by atoms with E-state index in [-0.39, 0.29) is 25.7 Å². The van der Waals surface area contributed by atoms with Gasteiger partial charge in [-0.25, -0.2) is 9.13 Å². The maximum absolute atomic E-state index is 13.1. The fourth-order valence-corrected chi connectivity index (χ4v) is 11.6. The summed E-state index contributed by atoms with van der Waals surface area (Å²) in [5, 5.41) is 10.6. The molecule has 0 saturated heterocycles. The zero-order valence-electron chi connectivity index (χ0n) is 62.6. The maximum Gasteiger partial charge on any atom is 0.472 e. The quantitative estimate of drug-likeness (QED) is 0.0169. The number of carbonyl (C=O) groups excluding carboxylic acids is 4. The average molecular weight is 1450 g/mol. The number of allylic oxidation sites excluding steroid dienone is 20. The molecule has 5 unspecified atom stereocenters. The van der Waals surface area contributed by atoms with Crippen LogP contribution >= 0.6 is 15.6 Å². The number of phosphoric ester groups is 2. The van der Waals surface area contributed by atoms with Gasteiger partial charge in [0, 0.05) is 25.7 Å². The fraction of sp³-hybridized carbons (Fsp3) is 0.704. The third kappa shape index (κ3) is 71.8. The molecule has 0 aliphatic carbocycles. The second kappa shape index (κ2) is 72.8. The van der Waals surface area contributed by atoms with Crippen LogP contribution in [0.15, 0.2) is 122 Å². The summed E-state index contributed by atoms with van der Waals surface area (Å²) < 4.78 is 68.5. The first-order valence-electron chi connectivity index (χ1n) is 38.8. The smallest absolute Gasteiger partial charge is 0.462 e. The van der Waals surface area contributed by atoms with Crippen LogP contribution in [0.3, 0.4) is 0 Å². The Morgan fingerprint density at radius 1 is 0.290 bits per heavy atom. The third-order valence-electron chi connectivity index (χ3n) is 15.9. The first kappa shape index (κ1) is 95.5. The highest BCUT2D eigenvalue weighted by molar-refractivity contribution is 7.47. The molecule has 0 aromatic carbocycles. The number of hydrogen-bond acceptors (Lipinski definition) is 15. The number of ether oxygens (including phenoxy) is 4. The second-order valence-electron chi connectivity index (χ2n) is 25.5. The van der Waals surface area contributed by atoms with Crippen molar-refractivity contribution in [3.8, 4) is 0 Å². The van der Waals surface area contributed by atoms with E-state index in [0.29, 0.717) is 25.7 Å². The van der Waals surface area contributed by atoms with E-state index in [1.165, 1.54) is 44.9 Å². The zero-order valence-corrected chi connectivity index (χ0v) is 64.4. The maximum atomic E-state index is 13.1. The van der Waals surface area contributed by atoms with Crippen molar-refractivity contribution in [2.75, 3.05) is 39.6 Å². The Morgan fingerprint density at radius 3 is 0.830 bits per heavy atom. The third-order valence-corrected chi connectivity index (χ3v) is 17.8. The van der Waals surface area contributed by atoms with Gasteiger partial charge in [0.05, 0.1) is 26.4 Å². The van der Waals surface area contributed by atoms with E-state index in [4.69, 9.17) is 37.0 Å². The van der Waals surface area contributed by atoms with E-state index in [2.05, 4.69) is 149 Å². The summed E-state index contributed by atoms with van der Waals surface area (Å²) in [6.07, 6.45) is 78.9. The number of aliphatic hydroxyl groups excluding tert-OH is 1. The number of aliphatic hydroxyl groups is 1. The summed E-state index contributed by atoms with van der Waals surface area (Å²) in [7, 11) is -9.97. The largest absolute Gasteiger partial charge is 0.472 e. The highest BCUT2D eigenvalue weighted by atomic mass is 31.2. The molecule has 19 heteroatoms. The Labute approximate surface area is 606 Å². The number of esters is 4. The molecule has 0 aliphatic heterocycles. The van der Waals surface area contributed by atoms with Crippen molar-refractivity contribution in [1.82, 2.24) is 0 Å². The molecule has 17 nitrogen and oxygen atoms in total. The van der Waals surface area contributed by atoms with Gasteiger partial charge < -0.3 is 33.8 Å². The van der Waals surface area contributed by atoms with Crippen molar-refractivity contribution in [3.05, 3.63) is 122 Å². The van der Waals surface area contributed by atoms with Crippen molar-refractivity contribution >= 4 is 39.5 Å². The lowest BCUT2D eigenvalue weighted by molar-refractivity contribution is -0.161. The van der Waals surface area contributed by atoms with Crippen LogP contribution in [0, 0.1) is 0 Å². The molecule has 3 N–H and O–H groups in total. The first-order chi connectivity index (χ1) is 48.7. The highest BCUT2D eigenvalue weighted by Gasteiger charge is 2.30. The van der Waals surface area contributed by atoms with E-state index in [0.717, 1.165) is 186 Å². The summed E-state index contributed by atoms with van der Waals surface area (Å²) in [6.45, 7) is 4.54. The van der Waals surface area contributed by atoms with Gasteiger partial charge in [-0.1, -0.05) is 252 Å². The van der Waals surface area contributed by atoms with Crippen molar-refractivity contribution in [1.29, 1.82) is 0 Å². The minimum absolute atomic E-state index is 0.0727. The van der Waals surface area contributed by atoms with E-state index < -0.39 is 97.5 Å². The van der Waals surface area contributed by atoms with Gasteiger partial charge >= 0.3 is 39.5 Å². The fourth-order valence-electron chi connectivity index (χ4n) is 10.0. The Kier molecular flexibility index (Phi) is 69.5. The van der Waals surface area contributed by atoms with Gasteiger partial charge in [-0.05, 0) is 154 Å². The van der Waals surface area contributed by atoms with Crippen LogP contribution in [-0.4, -0.2) is 96.7 Å². The lowest BCUT2D eigenvalue weighted by Crippen LogP contribution is -2.30. The topological polar surface area (TPSA) is 237 Å². The minimum atomic E-state index is -4.99. The average Bonchev–Trinajstić information content (AvgIpc) is 0.965. The Hall–Kier alpha value is -4.54. The molecule has 0 bridgehead atoms. The van der Waals surface area contributed by atoms with Crippen LogP contribution in [0.2, 0.25) is 0 Å². The molecule has 0 fully saturated rings. The van der Waals surface area contributed by atoms with E-state index in [9.17, 15) is 43.2 Å². The molecule has 0 amide bonds. The summed E-state index contributed by atoms with van der Waals surface area (Å²) in [4.78, 5) is 72.9. The molecule has 0 radical (unpaired) electrons. The summed E-state index contributed by atoms with van der Waals surface area (Å²) >= 11 is 0. The van der Waals surface area contributed by atoms with Crippen molar-refractivity contribution in [2.24, 2.45) is 0 Å². The monoisotopic (exact) mass is 1440 g/mol. The van der Waals surface area contributed by atoms with E-state index in [1.54, 1.807) is 0 Å². The SMILES string of the molecule is CC/C=C\C/C=C\C/C=C\C/C=C\CCCCCCC(=O)OCC(COP(=O)(O)OCC(O)COP(=O)(O)OCC(COC(=O)CCCCCCC/C=C\C/C=C\C/C=C\CC)OC(=O)CCCCCCC/C=C\C/C=C\CCCCC)OC(=O)CCCCCCC/C=C\CCCCCC. The van der Waals surface area contributed by atoms with Crippen molar-refractivity contribution in [2.45, 2.75) is 329 Å². The van der Waals surface area contributed by atoms with Crippen LogP contribution in [-0.2, 0) is 65.4 Å². The standard InChI is InChI=1S/C81H138O17P2/c1-5-9-13-17-21-25-29-33-36-37-40-43-46-50-54-58-62-66-79(84)92-71-76(97-80(85)67-63-59-55-51-47-41-32-28-24-20-16-12-8-4)73-95-99(87,88)93-69-75(82)70-94-100(89,90)96-74-77(98-81(86)68-64-60-56-52-48-44-39-35-31-27-23-19-15-11-7-3)72-91-78(83)65-61-57-53-49-45-42-38-34-30-26-22-18-14-10-6-2/h9-10,13-14,21-23,25-28,32-36,38-40,43,75-77,82H,5-8,11-12,15-20,24,29-31,37,41-42,44-74H2,1-4H3,(H,87,88)(H,89,90)/b13-9-,14-10-,25-21-,26-22-,27-23-,32-28-,36-33-,38-34-,39-35-,43-40-. The van der Waals surface area contributed by atoms with Gasteiger partial charge in [-0.3, -0.25) is 37.3 Å². The normalized spacial score (nSPS) is 14.6. The van der Waals surface area contributed by atoms with Crippen LogP contribution in [0.25, 0.3) is 0 Å². The Balaban J connectivity index is 5.40. The van der Waals surface area contributed by atoms with Crippen LogP contribution in [0.4, 0.5) is 0 Å².